The molecule has 0 fully saturated rings. The summed E-state index contributed by atoms with van der Waals surface area (Å²) in [5.41, 5.74) is 3.17. The highest BCUT2D eigenvalue weighted by Crippen LogP contribution is 2.24. The number of aliphatic hydroxyl groups is 1. The molecule has 2 heterocycles. The van der Waals surface area contributed by atoms with Crippen molar-refractivity contribution in [3.63, 3.8) is 0 Å². The number of rotatable bonds is 7. The molecule has 0 aliphatic heterocycles. The Balaban J connectivity index is 1.71. The first-order chi connectivity index (χ1) is 12.2. The van der Waals surface area contributed by atoms with Crippen LogP contribution >= 0.6 is 0 Å². The number of nitrogens with one attached hydrogen (secondary N) is 1. The van der Waals surface area contributed by atoms with Crippen LogP contribution < -0.4 is 10.1 Å². The predicted molar refractivity (Wildman–Crippen MR) is 97.2 cm³/mol. The number of aliphatic hydroxyl groups excluding tert-OH is 1. The van der Waals surface area contributed by atoms with Gasteiger partial charge in [-0.2, -0.15) is 5.10 Å². The fraction of sp³-hybridized carbons (Fsp3) is 0.263. The third-order valence-electron chi connectivity index (χ3n) is 3.98. The number of benzene rings is 1. The SMILES string of the molecule is Cc1c(C(C)Nc2ccc(OCCO)cc2)cnn1-c1ccccn1. The highest BCUT2D eigenvalue weighted by Gasteiger charge is 2.14. The van der Waals surface area contributed by atoms with E-state index in [0.29, 0.717) is 6.61 Å². The van der Waals surface area contributed by atoms with Gasteiger partial charge in [0.2, 0.25) is 0 Å². The lowest BCUT2D eigenvalue weighted by molar-refractivity contribution is 0.201. The van der Waals surface area contributed by atoms with Crippen molar-refractivity contribution in [1.29, 1.82) is 0 Å². The maximum absolute atomic E-state index is 8.79. The van der Waals surface area contributed by atoms with Crippen LogP contribution in [0.15, 0.2) is 54.9 Å². The van der Waals surface area contributed by atoms with Gasteiger partial charge < -0.3 is 15.2 Å². The van der Waals surface area contributed by atoms with Crippen LogP contribution in [0.25, 0.3) is 5.82 Å². The van der Waals surface area contributed by atoms with Crippen molar-refractivity contribution >= 4 is 5.69 Å². The summed E-state index contributed by atoms with van der Waals surface area (Å²) in [6.45, 7) is 4.45. The molecule has 1 aromatic carbocycles. The molecule has 0 spiro atoms. The van der Waals surface area contributed by atoms with Crippen molar-refractivity contribution in [3.8, 4) is 11.6 Å². The van der Waals surface area contributed by atoms with Gasteiger partial charge in [0, 0.05) is 23.1 Å². The average molecular weight is 338 g/mol. The predicted octanol–water partition coefficient (Wildman–Crippen LogP) is 3.12. The van der Waals surface area contributed by atoms with Gasteiger partial charge in [0.15, 0.2) is 5.82 Å². The summed E-state index contributed by atoms with van der Waals surface area (Å²) < 4.78 is 7.22. The smallest absolute Gasteiger partial charge is 0.153 e. The molecule has 1 unspecified atom stereocenters. The highest BCUT2D eigenvalue weighted by molar-refractivity contribution is 5.48. The van der Waals surface area contributed by atoms with E-state index in [1.807, 2.05) is 60.3 Å². The van der Waals surface area contributed by atoms with Crippen molar-refractivity contribution < 1.29 is 9.84 Å². The third kappa shape index (κ3) is 3.97. The van der Waals surface area contributed by atoms with Gasteiger partial charge in [-0.3, -0.25) is 0 Å². The number of pyridine rings is 1. The van der Waals surface area contributed by atoms with Crippen LogP contribution in [0.3, 0.4) is 0 Å². The zero-order chi connectivity index (χ0) is 17.6. The van der Waals surface area contributed by atoms with Gasteiger partial charge in [-0.25, -0.2) is 9.67 Å². The van der Waals surface area contributed by atoms with E-state index in [0.717, 1.165) is 28.5 Å². The second kappa shape index (κ2) is 7.81. The molecule has 2 aromatic heterocycles. The Morgan fingerprint density at radius 3 is 2.68 bits per heavy atom. The minimum atomic E-state index is 0.0105. The molecule has 3 aromatic rings. The van der Waals surface area contributed by atoms with Crippen LogP contribution in [0, 0.1) is 6.92 Å². The lowest BCUT2D eigenvalue weighted by Gasteiger charge is -2.16. The van der Waals surface area contributed by atoms with Crippen molar-refractivity contribution in [2.24, 2.45) is 0 Å². The summed E-state index contributed by atoms with van der Waals surface area (Å²) in [4.78, 5) is 4.35. The van der Waals surface area contributed by atoms with Gasteiger partial charge in [0.1, 0.15) is 12.4 Å². The van der Waals surface area contributed by atoms with Gasteiger partial charge >= 0.3 is 0 Å². The Morgan fingerprint density at radius 1 is 1.20 bits per heavy atom. The van der Waals surface area contributed by atoms with Crippen molar-refractivity contribution in [1.82, 2.24) is 14.8 Å². The monoisotopic (exact) mass is 338 g/mol. The third-order valence-corrected chi connectivity index (χ3v) is 3.98. The van der Waals surface area contributed by atoms with E-state index in [2.05, 4.69) is 22.3 Å². The van der Waals surface area contributed by atoms with Crippen LogP contribution in [0.4, 0.5) is 5.69 Å². The van der Waals surface area contributed by atoms with Crippen LogP contribution in [0.5, 0.6) is 5.75 Å². The number of aromatic nitrogens is 3. The molecule has 3 rings (SSSR count). The van der Waals surface area contributed by atoms with E-state index >= 15 is 0 Å². The van der Waals surface area contributed by atoms with Gasteiger partial charge in [-0.05, 0) is 50.2 Å². The van der Waals surface area contributed by atoms with Crippen molar-refractivity contribution in [2.45, 2.75) is 19.9 Å². The van der Waals surface area contributed by atoms with E-state index in [9.17, 15) is 0 Å². The Morgan fingerprint density at radius 2 is 2.00 bits per heavy atom. The van der Waals surface area contributed by atoms with E-state index in [1.54, 1.807) is 6.20 Å². The van der Waals surface area contributed by atoms with Gasteiger partial charge in [0.05, 0.1) is 18.8 Å². The van der Waals surface area contributed by atoms with E-state index in [-0.39, 0.29) is 12.6 Å². The van der Waals surface area contributed by atoms with Crippen molar-refractivity contribution in [3.05, 3.63) is 66.1 Å². The molecule has 0 aliphatic carbocycles. The Kier molecular flexibility index (Phi) is 5.30. The number of hydrogen-bond acceptors (Lipinski definition) is 5. The van der Waals surface area contributed by atoms with E-state index < -0.39 is 0 Å². The quantitative estimate of drug-likeness (QED) is 0.692. The first-order valence-electron chi connectivity index (χ1n) is 8.25. The van der Waals surface area contributed by atoms with Gasteiger partial charge in [-0.1, -0.05) is 6.07 Å². The molecule has 25 heavy (non-hydrogen) atoms. The van der Waals surface area contributed by atoms with Crippen LogP contribution in [-0.2, 0) is 0 Å². The molecular formula is C19H22N4O2. The van der Waals surface area contributed by atoms with E-state index in [1.165, 1.54) is 0 Å². The molecule has 6 nitrogen and oxygen atoms in total. The molecule has 0 bridgehead atoms. The summed E-state index contributed by atoms with van der Waals surface area (Å²) in [5, 5.41) is 16.7. The lowest BCUT2D eigenvalue weighted by Crippen LogP contribution is -2.09. The number of hydrogen-bond donors (Lipinski definition) is 2. The first kappa shape index (κ1) is 17.0. The Labute approximate surface area is 147 Å². The van der Waals surface area contributed by atoms with Crippen LogP contribution in [0.1, 0.15) is 24.2 Å². The number of ether oxygens (including phenoxy) is 1. The molecule has 2 N–H and O–H groups in total. The zero-order valence-corrected chi connectivity index (χ0v) is 14.4. The fourth-order valence-corrected chi connectivity index (χ4v) is 2.70. The number of anilines is 1. The second-order valence-electron chi connectivity index (χ2n) is 5.75. The average Bonchev–Trinajstić information content (AvgIpc) is 3.03. The summed E-state index contributed by atoms with van der Waals surface area (Å²) in [6.07, 6.45) is 3.64. The molecule has 0 aliphatic rings. The number of nitrogens with zero attached hydrogens (tertiary/aromatic N) is 3. The summed E-state index contributed by atoms with van der Waals surface area (Å²) in [7, 11) is 0. The molecular weight excluding hydrogens is 316 g/mol. The first-order valence-corrected chi connectivity index (χ1v) is 8.25. The molecule has 0 radical (unpaired) electrons. The van der Waals surface area contributed by atoms with Crippen LogP contribution in [-0.4, -0.2) is 33.1 Å². The molecule has 0 saturated heterocycles. The topological polar surface area (TPSA) is 72.2 Å². The molecule has 6 heteroatoms. The summed E-state index contributed by atoms with van der Waals surface area (Å²) >= 11 is 0. The normalized spacial score (nSPS) is 12.0. The summed E-state index contributed by atoms with van der Waals surface area (Å²) in [5.74, 6) is 1.55. The van der Waals surface area contributed by atoms with Gasteiger partial charge in [0.25, 0.3) is 0 Å². The standard InChI is InChI=1S/C19H22N4O2/c1-14(22-16-6-8-17(9-7-16)25-12-11-24)18-13-21-23(15(18)2)19-5-3-4-10-20-19/h3-10,13-14,22,24H,11-12H2,1-2H3. The maximum atomic E-state index is 8.79. The van der Waals surface area contributed by atoms with Gasteiger partial charge in [-0.15, -0.1) is 0 Å². The lowest BCUT2D eigenvalue weighted by atomic mass is 10.1. The maximum Gasteiger partial charge on any atom is 0.153 e. The second-order valence-corrected chi connectivity index (χ2v) is 5.75. The Hall–Kier alpha value is -2.86. The fourth-order valence-electron chi connectivity index (χ4n) is 2.70. The van der Waals surface area contributed by atoms with E-state index in [4.69, 9.17) is 9.84 Å². The minimum Gasteiger partial charge on any atom is -0.491 e. The highest BCUT2D eigenvalue weighted by atomic mass is 16.5. The van der Waals surface area contributed by atoms with Crippen LogP contribution in [0.2, 0.25) is 0 Å². The molecule has 130 valence electrons. The Bertz CT molecular complexity index is 800. The minimum absolute atomic E-state index is 0.0105. The molecule has 0 amide bonds. The summed E-state index contributed by atoms with van der Waals surface area (Å²) in [6, 6.07) is 13.6. The van der Waals surface area contributed by atoms with Crippen molar-refractivity contribution in [2.75, 3.05) is 18.5 Å². The molecule has 1 atom stereocenters. The zero-order valence-electron chi connectivity index (χ0n) is 14.4. The largest absolute Gasteiger partial charge is 0.491 e. The molecule has 0 saturated carbocycles.